The Kier molecular flexibility index (Phi) is 5.91. The Morgan fingerprint density at radius 1 is 1.48 bits per heavy atom. The lowest BCUT2D eigenvalue weighted by Gasteiger charge is -2.19. The first kappa shape index (κ1) is 19.5. The molecule has 3 rings (SSSR count). The molecule has 2 aromatic rings. The lowest BCUT2D eigenvalue weighted by atomic mass is 9.90. The topological polar surface area (TPSA) is 98.1 Å². The van der Waals surface area contributed by atoms with Gasteiger partial charge >= 0.3 is 5.97 Å². The number of thiazole rings is 1. The van der Waals surface area contributed by atoms with Crippen LogP contribution < -0.4 is 10.6 Å². The van der Waals surface area contributed by atoms with Gasteiger partial charge in [-0.1, -0.05) is 0 Å². The average Bonchev–Trinajstić information content (AvgIpc) is 3.33. The van der Waals surface area contributed by atoms with Crippen molar-refractivity contribution in [1.29, 1.82) is 0 Å². The van der Waals surface area contributed by atoms with Crippen LogP contribution in [0.15, 0.2) is 12.4 Å². The van der Waals surface area contributed by atoms with E-state index in [2.05, 4.69) is 20.7 Å². The molecule has 0 radical (unpaired) electrons. The predicted octanol–water partition coefficient (Wildman–Crippen LogP) is 1.54. The monoisotopic (exact) mass is 391 g/mol. The van der Waals surface area contributed by atoms with Gasteiger partial charge in [-0.15, -0.1) is 11.3 Å². The van der Waals surface area contributed by atoms with Crippen LogP contribution in [-0.2, 0) is 16.6 Å². The van der Waals surface area contributed by atoms with Crippen molar-refractivity contribution in [3.63, 3.8) is 0 Å². The third-order valence-corrected chi connectivity index (χ3v) is 6.03. The maximum absolute atomic E-state index is 12.9. The molecule has 0 bridgehead atoms. The number of amides is 1. The van der Waals surface area contributed by atoms with Crippen molar-refractivity contribution in [2.45, 2.75) is 32.7 Å². The molecule has 1 aliphatic rings. The van der Waals surface area contributed by atoms with Gasteiger partial charge in [0.25, 0.3) is 0 Å². The van der Waals surface area contributed by atoms with E-state index in [-0.39, 0.29) is 29.8 Å². The van der Waals surface area contributed by atoms with Crippen molar-refractivity contribution in [3.8, 4) is 0 Å². The van der Waals surface area contributed by atoms with Gasteiger partial charge < -0.3 is 15.4 Å². The molecular weight excluding hydrogens is 366 g/mol. The van der Waals surface area contributed by atoms with Crippen molar-refractivity contribution in [2.24, 2.45) is 13.0 Å². The number of hydrogen-bond donors (Lipinski definition) is 2. The van der Waals surface area contributed by atoms with Crippen molar-refractivity contribution in [1.82, 2.24) is 25.4 Å². The predicted molar refractivity (Wildman–Crippen MR) is 102 cm³/mol. The van der Waals surface area contributed by atoms with E-state index in [1.165, 1.54) is 11.3 Å². The minimum atomic E-state index is -0.367. The van der Waals surface area contributed by atoms with E-state index in [0.717, 1.165) is 12.1 Å². The number of ether oxygens (including phenoxy) is 1. The fourth-order valence-corrected chi connectivity index (χ4v) is 4.27. The van der Waals surface area contributed by atoms with E-state index in [0.29, 0.717) is 28.7 Å². The zero-order valence-corrected chi connectivity index (χ0v) is 16.8. The van der Waals surface area contributed by atoms with Crippen LogP contribution in [0, 0.1) is 12.8 Å². The van der Waals surface area contributed by atoms with Gasteiger partial charge in [0.15, 0.2) is 0 Å². The molecule has 9 heteroatoms. The van der Waals surface area contributed by atoms with Gasteiger partial charge in [0.1, 0.15) is 9.88 Å². The summed E-state index contributed by atoms with van der Waals surface area (Å²) >= 11 is 1.27. The van der Waals surface area contributed by atoms with Crippen LogP contribution in [0.2, 0.25) is 0 Å². The maximum Gasteiger partial charge on any atom is 0.350 e. The second-order valence-electron chi connectivity index (χ2n) is 6.74. The van der Waals surface area contributed by atoms with Crippen molar-refractivity contribution >= 4 is 23.2 Å². The Labute approximate surface area is 162 Å². The van der Waals surface area contributed by atoms with Crippen molar-refractivity contribution in [2.75, 3.05) is 19.7 Å². The molecule has 1 aliphatic heterocycles. The molecule has 1 fully saturated rings. The van der Waals surface area contributed by atoms with Gasteiger partial charge in [-0.3, -0.25) is 9.48 Å². The Hall–Kier alpha value is -2.26. The second kappa shape index (κ2) is 8.18. The summed E-state index contributed by atoms with van der Waals surface area (Å²) in [4.78, 5) is 29.8. The maximum atomic E-state index is 12.9. The third-order valence-electron chi connectivity index (χ3n) is 4.71. The van der Waals surface area contributed by atoms with E-state index in [4.69, 9.17) is 4.74 Å². The minimum absolute atomic E-state index is 0.0214. The molecule has 0 saturated carbocycles. The van der Waals surface area contributed by atoms with Crippen LogP contribution in [-0.4, -0.2) is 46.3 Å². The Morgan fingerprint density at radius 3 is 2.93 bits per heavy atom. The number of aromatic nitrogens is 3. The summed E-state index contributed by atoms with van der Waals surface area (Å²) in [6.45, 7) is 7.13. The number of hydrogen-bond acceptors (Lipinski definition) is 7. The zero-order chi connectivity index (χ0) is 19.6. The molecule has 146 valence electrons. The van der Waals surface area contributed by atoms with E-state index < -0.39 is 0 Å². The number of carbonyl (C=O) groups is 2. The first-order valence-corrected chi connectivity index (χ1v) is 9.86. The highest BCUT2D eigenvalue weighted by atomic mass is 32.1. The van der Waals surface area contributed by atoms with Gasteiger partial charge in [0, 0.05) is 32.3 Å². The molecule has 1 unspecified atom stereocenters. The summed E-state index contributed by atoms with van der Waals surface area (Å²) in [7, 11) is 1.87. The highest BCUT2D eigenvalue weighted by Gasteiger charge is 2.35. The van der Waals surface area contributed by atoms with Gasteiger partial charge in [0.05, 0.1) is 30.5 Å². The SMILES string of the molecule is CCOC(=O)c1sc(C(C)NC(=O)[C@H]2CNC[C@@H]2c2cnn(C)c2)nc1C. The lowest BCUT2D eigenvalue weighted by molar-refractivity contribution is -0.125. The summed E-state index contributed by atoms with van der Waals surface area (Å²) in [6, 6.07) is -0.278. The molecule has 2 aromatic heterocycles. The number of esters is 1. The Morgan fingerprint density at radius 2 is 2.26 bits per heavy atom. The van der Waals surface area contributed by atoms with Gasteiger partial charge in [0.2, 0.25) is 5.91 Å². The van der Waals surface area contributed by atoms with E-state index in [9.17, 15) is 9.59 Å². The fraction of sp³-hybridized carbons (Fsp3) is 0.556. The molecule has 0 spiro atoms. The molecule has 3 heterocycles. The van der Waals surface area contributed by atoms with Crippen LogP contribution in [0.4, 0.5) is 0 Å². The summed E-state index contributed by atoms with van der Waals surface area (Å²) in [5, 5.41) is 11.3. The van der Waals surface area contributed by atoms with Crippen LogP contribution in [0.25, 0.3) is 0 Å². The number of nitrogens with one attached hydrogen (secondary N) is 2. The van der Waals surface area contributed by atoms with Crippen LogP contribution >= 0.6 is 11.3 Å². The molecule has 0 aliphatic carbocycles. The summed E-state index contributed by atoms with van der Waals surface area (Å²) in [6.07, 6.45) is 3.77. The standard InChI is InChI=1S/C18H25N5O3S/c1-5-26-18(25)15-10(2)22-17(27-15)11(3)21-16(24)14-8-19-7-13(14)12-6-20-23(4)9-12/h6,9,11,13-14,19H,5,7-8H2,1-4H3,(H,21,24)/t11?,13-,14+/m1/s1. The average molecular weight is 391 g/mol. The largest absolute Gasteiger partial charge is 0.462 e. The first-order chi connectivity index (χ1) is 12.9. The summed E-state index contributed by atoms with van der Waals surface area (Å²) in [5.41, 5.74) is 1.69. The number of nitrogens with zero attached hydrogens (tertiary/aromatic N) is 3. The van der Waals surface area contributed by atoms with Gasteiger partial charge in [-0.25, -0.2) is 9.78 Å². The zero-order valence-electron chi connectivity index (χ0n) is 16.0. The highest BCUT2D eigenvalue weighted by Crippen LogP contribution is 2.29. The summed E-state index contributed by atoms with van der Waals surface area (Å²) < 4.78 is 6.81. The van der Waals surface area contributed by atoms with Crippen LogP contribution in [0.5, 0.6) is 0 Å². The minimum Gasteiger partial charge on any atom is -0.462 e. The van der Waals surface area contributed by atoms with E-state index in [1.54, 1.807) is 18.5 Å². The van der Waals surface area contributed by atoms with Crippen molar-refractivity contribution < 1.29 is 14.3 Å². The van der Waals surface area contributed by atoms with Gasteiger partial charge in [-0.05, 0) is 26.3 Å². The quantitative estimate of drug-likeness (QED) is 0.725. The Bertz CT molecular complexity index is 831. The first-order valence-electron chi connectivity index (χ1n) is 9.04. The van der Waals surface area contributed by atoms with Crippen LogP contribution in [0.1, 0.15) is 51.7 Å². The smallest absolute Gasteiger partial charge is 0.350 e. The van der Waals surface area contributed by atoms with Crippen molar-refractivity contribution in [3.05, 3.63) is 33.5 Å². The summed E-state index contributed by atoms with van der Waals surface area (Å²) in [5.74, 6) is -0.456. The Balaban J connectivity index is 1.68. The van der Waals surface area contributed by atoms with Crippen LogP contribution in [0.3, 0.4) is 0 Å². The molecule has 0 aromatic carbocycles. The van der Waals surface area contributed by atoms with E-state index >= 15 is 0 Å². The lowest BCUT2D eigenvalue weighted by Crippen LogP contribution is -2.35. The number of carbonyl (C=O) groups excluding carboxylic acids is 2. The molecular formula is C18H25N5O3S. The molecule has 1 amide bonds. The molecule has 1 saturated heterocycles. The molecule has 2 N–H and O–H groups in total. The van der Waals surface area contributed by atoms with E-state index in [1.807, 2.05) is 26.4 Å². The second-order valence-corrected chi connectivity index (χ2v) is 7.77. The number of rotatable bonds is 6. The fourth-order valence-electron chi connectivity index (χ4n) is 3.31. The molecule has 8 nitrogen and oxygen atoms in total. The normalized spacial score (nSPS) is 20.4. The highest BCUT2D eigenvalue weighted by molar-refractivity contribution is 7.13. The number of aryl methyl sites for hydroxylation is 2. The molecule has 27 heavy (non-hydrogen) atoms. The third kappa shape index (κ3) is 4.19. The molecule has 3 atom stereocenters. The van der Waals surface area contributed by atoms with Gasteiger partial charge in [-0.2, -0.15) is 5.10 Å².